The van der Waals surface area contributed by atoms with Crippen LogP contribution in [0.5, 0.6) is 0 Å². The molecule has 0 aromatic carbocycles. The zero-order valence-electron chi connectivity index (χ0n) is 7.70. The summed E-state index contributed by atoms with van der Waals surface area (Å²) in [5, 5.41) is 2.39. The van der Waals surface area contributed by atoms with E-state index in [1.165, 1.54) is 14.0 Å². The second-order valence-corrected chi connectivity index (χ2v) is 2.52. The quantitative estimate of drug-likeness (QED) is 0.471. The highest BCUT2D eigenvalue weighted by Gasteiger charge is 2.18. The van der Waals surface area contributed by atoms with Crippen molar-refractivity contribution in [2.45, 2.75) is 25.8 Å². The molecule has 0 saturated heterocycles. The number of amides is 1. The number of carbonyl (C=O) groups is 3. The Bertz CT molecular complexity index is 202. The summed E-state index contributed by atoms with van der Waals surface area (Å²) in [4.78, 5) is 31.7. The van der Waals surface area contributed by atoms with Gasteiger partial charge < -0.3 is 14.8 Å². The molecule has 0 aromatic rings. The fourth-order valence-corrected chi connectivity index (χ4v) is 0.871. The van der Waals surface area contributed by atoms with Crippen molar-refractivity contribution in [2.24, 2.45) is 0 Å². The molecule has 0 heterocycles. The standard InChI is InChI=1S/C8H13NO4/c1-6(11)9-7(4-3-5-10)8(12)13-2/h5,7H,3-4H2,1-2H3,(H,9,11)/t7-/m0/s1. The third-order valence-electron chi connectivity index (χ3n) is 1.44. The van der Waals surface area contributed by atoms with Gasteiger partial charge in [0.25, 0.3) is 0 Å². The number of hydrogen-bond acceptors (Lipinski definition) is 4. The second-order valence-electron chi connectivity index (χ2n) is 2.52. The Balaban J connectivity index is 4.09. The SMILES string of the molecule is COC(=O)[C@H](CCC=O)NC(C)=O. The lowest BCUT2D eigenvalue weighted by molar-refractivity contribution is -0.145. The minimum absolute atomic E-state index is 0.222. The van der Waals surface area contributed by atoms with Gasteiger partial charge in [0.05, 0.1) is 7.11 Å². The van der Waals surface area contributed by atoms with Gasteiger partial charge in [-0.1, -0.05) is 0 Å². The van der Waals surface area contributed by atoms with Gasteiger partial charge in [-0.25, -0.2) is 4.79 Å². The molecular weight excluding hydrogens is 174 g/mol. The Hall–Kier alpha value is -1.39. The van der Waals surface area contributed by atoms with Crippen LogP contribution < -0.4 is 5.32 Å². The van der Waals surface area contributed by atoms with Gasteiger partial charge >= 0.3 is 5.97 Å². The molecule has 1 N–H and O–H groups in total. The predicted octanol–water partition coefficient (Wildman–Crippen LogP) is -0.357. The van der Waals surface area contributed by atoms with Crippen LogP contribution in [0.2, 0.25) is 0 Å². The Morgan fingerprint density at radius 3 is 2.54 bits per heavy atom. The number of esters is 1. The van der Waals surface area contributed by atoms with Crippen molar-refractivity contribution >= 4 is 18.2 Å². The predicted molar refractivity (Wildman–Crippen MR) is 44.9 cm³/mol. The van der Waals surface area contributed by atoms with E-state index in [0.29, 0.717) is 6.29 Å². The van der Waals surface area contributed by atoms with E-state index in [9.17, 15) is 14.4 Å². The zero-order valence-corrected chi connectivity index (χ0v) is 7.70. The van der Waals surface area contributed by atoms with Crippen molar-refractivity contribution in [1.82, 2.24) is 5.32 Å². The number of rotatable bonds is 5. The first kappa shape index (κ1) is 11.6. The van der Waals surface area contributed by atoms with Crippen LogP contribution in [0, 0.1) is 0 Å². The number of carbonyl (C=O) groups excluding carboxylic acids is 3. The molecule has 0 aliphatic carbocycles. The summed E-state index contributed by atoms with van der Waals surface area (Å²) < 4.78 is 4.44. The molecule has 0 radical (unpaired) electrons. The van der Waals surface area contributed by atoms with Crippen molar-refractivity contribution in [1.29, 1.82) is 0 Å². The Labute approximate surface area is 76.4 Å². The Kier molecular flexibility index (Phi) is 5.50. The molecule has 0 spiro atoms. The molecule has 13 heavy (non-hydrogen) atoms. The summed E-state index contributed by atoms with van der Waals surface area (Å²) in [6.45, 7) is 1.30. The van der Waals surface area contributed by atoms with Gasteiger partial charge in [-0.15, -0.1) is 0 Å². The first-order chi connectivity index (χ1) is 6.11. The number of aldehydes is 1. The molecule has 0 saturated carbocycles. The van der Waals surface area contributed by atoms with Crippen molar-refractivity contribution < 1.29 is 19.1 Å². The minimum atomic E-state index is -0.715. The van der Waals surface area contributed by atoms with Crippen LogP contribution in [0.3, 0.4) is 0 Å². The van der Waals surface area contributed by atoms with Crippen LogP contribution in [0.25, 0.3) is 0 Å². The van der Waals surface area contributed by atoms with Crippen molar-refractivity contribution in [2.75, 3.05) is 7.11 Å². The smallest absolute Gasteiger partial charge is 0.328 e. The van der Waals surface area contributed by atoms with Crippen LogP contribution in [0.1, 0.15) is 19.8 Å². The third kappa shape index (κ3) is 4.95. The fraction of sp³-hybridized carbons (Fsp3) is 0.625. The summed E-state index contributed by atoms with van der Waals surface area (Å²) in [5.74, 6) is -0.849. The molecule has 0 bridgehead atoms. The lowest BCUT2D eigenvalue weighted by Crippen LogP contribution is -2.40. The maximum Gasteiger partial charge on any atom is 0.328 e. The second kappa shape index (κ2) is 6.16. The fourth-order valence-electron chi connectivity index (χ4n) is 0.871. The monoisotopic (exact) mass is 187 g/mol. The van der Waals surface area contributed by atoms with E-state index < -0.39 is 12.0 Å². The van der Waals surface area contributed by atoms with Gasteiger partial charge in [-0.05, 0) is 6.42 Å². The van der Waals surface area contributed by atoms with Crippen LogP contribution in [-0.2, 0) is 19.1 Å². The number of nitrogens with one attached hydrogen (secondary N) is 1. The number of methoxy groups -OCH3 is 1. The number of hydrogen-bond donors (Lipinski definition) is 1. The topological polar surface area (TPSA) is 72.5 Å². The summed E-state index contributed by atoms with van der Waals surface area (Å²) in [6, 6.07) is -0.715. The van der Waals surface area contributed by atoms with E-state index in [-0.39, 0.29) is 18.7 Å². The molecule has 5 nitrogen and oxygen atoms in total. The van der Waals surface area contributed by atoms with Gasteiger partial charge in [0.15, 0.2) is 0 Å². The van der Waals surface area contributed by atoms with Crippen molar-refractivity contribution in [3.8, 4) is 0 Å². The molecule has 74 valence electrons. The highest BCUT2D eigenvalue weighted by Crippen LogP contribution is 1.97. The maximum absolute atomic E-state index is 11.0. The van der Waals surface area contributed by atoms with E-state index in [2.05, 4.69) is 10.1 Å². The van der Waals surface area contributed by atoms with E-state index >= 15 is 0 Å². The van der Waals surface area contributed by atoms with Crippen LogP contribution in [0.15, 0.2) is 0 Å². The van der Waals surface area contributed by atoms with Crippen LogP contribution in [0.4, 0.5) is 0 Å². The maximum atomic E-state index is 11.0. The summed E-state index contributed by atoms with van der Waals surface area (Å²) >= 11 is 0. The highest BCUT2D eigenvalue weighted by atomic mass is 16.5. The molecule has 0 aromatic heterocycles. The van der Waals surface area contributed by atoms with Crippen molar-refractivity contribution in [3.63, 3.8) is 0 Å². The molecule has 0 aliphatic heterocycles. The molecule has 0 rings (SSSR count). The number of ether oxygens (including phenoxy) is 1. The van der Waals surface area contributed by atoms with Crippen LogP contribution >= 0.6 is 0 Å². The lowest BCUT2D eigenvalue weighted by atomic mass is 10.1. The molecule has 5 heteroatoms. The van der Waals surface area contributed by atoms with Gasteiger partial charge in [0.2, 0.25) is 5.91 Å². The molecule has 1 atom stereocenters. The summed E-state index contributed by atoms with van der Waals surface area (Å²) in [5.41, 5.74) is 0. The normalized spacial score (nSPS) is 11.5. The summed E-state index contributed by atoms with van der Waals surface area (Å²) in [6.07, 6.45) is 1.19. The Morgan fingerprint density at radius 1 is 1.54 bits per heavy atom. The van der Waals surface area contributed by atoms with E-state index in [4.69, 9.17) is 0 Å². The van der Waals surface area contributed by atoms with Gasteiger partial charge in [-0.3, -0.25) is 4.79 Å². The average Bonchev–Trinajstić information content (AvgIpc) is 2.10. The highest BCUT2D eigenvalue weighted by molar-refractivity contribution is 5.83. The molecule has 0 unspecified atom stereocenters. The first-order valence-electron chi connectivity index (χ1n) is 3.90. The average molecular weight is 187 g/mol. The molecular formula is C8H13NO4. The van der Waals surface area contributed by atoms with Gasteiger partial charge in [0, 0.05) is 13.3 Å². The first-order valence-corrected chi connectivity index (χ1v) is 3.90. The zero-order chi connectivity index (χ0) is 10.3. The van der Waals surface area contributed by atoms with E-state index in [1.807, 2.05) is 0 Å². The van der Waals surface area contributed by atoms with Gasteiger partial charge in [0.1, 0.15) is 12.3 Å². The molecule has 0 fully saturated rings. The van der Waals surface area contributed by atoms with E-state index in [0.717, 1.165) is 0 Å². The molecule has 1 amide bonds. The summed E-state index contributed by atoms with van der Waals surface area (Å²) in [7, 11) is 1.23. The largest absolute Gasteiger partial charge is 0.467 e. The van der Waals surface area contributed by atoms with Crippen LogP contribution in [-0.4, -0.2) is 31.3 Å². The molecule has 0 aliphatic rings. The van der Waals surface area contributed by atoms with E-state index in [1.54, 1.807) is 0 Å². The third-order valence-corrected chi connectivity index (χ3v) is 1.44. The van der Waals surface area contributed by atoms with Crippen molar-refractivity contribution in [3.05, 3.63) is 0 Å². The Morgan fingerprint density at radius 2 is 2.15 bits per heavy atom. The lowest BCUT2D eigenvalue weighted by Gasteiger charge is -2.13. The van der Waals surface area contributed by atoms with Gasteiger partial charge in [-0.2, -0.15) is 0 Å². The minimum Gasteiger partial charge on any atom is -0.467 e.